The number of hydrogen-bond acceptors (Lipinski definition) is 2. The van der Waals surface area contributed by atoms with Gasteiger partial charge in [0, 0.05) is 18.9 Å². The predicted octanol–water partition coefficient (Wildman–Crippen LogP) is 1.41. The average molecular weight is 179 g/mol. The second-order valence-electron chi connectivity index (χ2n) is 2.75. The van der Waals surface area contributed by atoms with E-state index in [2.05, 4.69) is 11.0 Å². The maximum absolute atomic E-state index is 10.9. The topological polar surface area (TPSA) is 49.7 Å². The Morgan fingerprint density at radius 3 is 2.92 bits per heavy atom. The maximum Gasteiger partial charge on any atom is 0.545 e. The van der Waals surface area contributed by atoms with Crippen molar-refractivity contribution in [3.63, 3.8) is 0 Å². The zero-order valence-electron chi connectivity index (χ0n) is 7.18. The largest absolute Gasteiger partial charge is 0.545 e. The van der Waals surface area contributed by atoms with E-state index in [0.29, 0.717) is 19.4 Å². The quantitative estimate of drug-likeness (QED) is 0.404. The minimum atomic E-state index is -0.970. The molecule has 4 heteroatoms. The molecule has 0 saturated carbocycles. The van der Waals surface area contributed by atoms with E-state index in [0.717, 1.165) is 0 Å². The third kappa shape index (κ3) is 1.95. The summed E-state index contributed by atoms with van der Waals surface area (Å²) in [5, 5.41) is 12.8. The van der Waals surface area contributed by atoms with Gasteiger partial charge in [0.1, 0.15) is 12.7 Å². The van der Waals surface area contributed by atoms with Gasteiger partial charge in [-0.05, 0) is 0 Å². The molecule has 1 unspecified atom stereocenters. The van der Waals surface area contributed by atoms with Crippen molar-refractivity contribution in [2.45, 2.75) is 12.8 Å². The number of terminal acetylenes is 1. The van der Waals surface area contributed by atoms with Gasteiger partial charge < -0.3 is 5.11 Å². The van der Waals surface area contributed by atoms with Crippen molar-refractivity contribution < 1.29 is 14.5 Å². The van der Waals surface area contributed by atoms with Crippen molar-refractivity contribution in [1.29, 1.82) is 0 Å². The normalized spacial score (nSPS) is 24.5. The van der Waals surface area contributed by atoms with Crippen LogP contribution in [-0.2, 0) is 0 Å². The van der Waals surface area contributed by atoms with Gasteiger partial charge in [0.25, 0.3) is 0 Å². The van der Waals surface area contributed by atoms with Crippen LogP contribution in [0.15, 0.2) is 17.4 Å². The van der Waals surface area contributed by atoms with Crippen molar-refractivity contribution in [1.82, 2.24) is 0 Å². The van der Waals surface area contributed by atoms with Crippen molar-refractivity contribution in [3.8, 4) is 12.3 Å². The highest BCUT2D eigenvalue weighted by Crippen LogP contribution is 2.15. The molecule has 0 radical (unpaired) electrons. The molecule has 1 aliphatic rings. The van der Waals surface area contributed by atoms with Crippen LogP contribution in [0.2, 0.25) is 0 Å². The number of carboxylic acid groups (broad SMARTS) is 1. The number of allylic oxidation sites excluding steroid dienone is 1. The molecule has 1 rings (SSSR count). The van der Waals surface area contributed by atoms with Gasteiger partial charge in [-0.3, -0.25) is 0 Å². The molecule has 1 aliphatic heterocycles. The van der Waals surface area contributed by atoms with Gasteiger partial charge >= 0.3 is 6.09 Å². The van der Waals surface area contributed by atoms with E-state index in [1.807, 2.05) is 0 Å². The smallest absolute Gasteiger partial charge is 0.433 e. The maximum atomic E-state index is 10.9. The second kappa shape index (κ2) is 3.87. The number of hydrogen-bond donors (Lipinski definition) is 1. The zero-order valence-corrected chi connectivity index (χ0v) is 7.18. The number of amides is 1. The number of unbranched alkanes of at least 4 members (excludes halogenated alkanes) is 1. The van der Waals surface area contributed by atoms with Crippen LogP contribution in [0.5, 0.6) is 0 Å². The predicted molar refractivity (Wildman–Crippen MR) is 48.9 cm³/mol. The lowest BCUT2D eigenvalue weighted by atomic mass is 10.3. The van der Waals surface area contributed by atoms with E-state index in [1.165, 1.54) is 6.21 Å². The van der Waals surface area contributed by atoms with Crippen LogP contribution in [0.25, 0.3) is 0 Å². The summed E-state index contributed by atoms with van der Waals surface area (Å²) in [4.78, 5) is 10.9. The van der Waals surface area contributed by atoms with E-state index in [1.54, 1.807) is 12.3 Å². The molecule has 0 aliphatic carbocycles. The Balaban J connectivity index is 2.60. The molecule has 0 saturated heterocycles. The summed E-state index contributed by atoms with van der Waals surface area (Å²) in [6, 6.07) is 0. The van der Waals surface area contributed by atoms with Crippen LogP contribution in [0.4, 0.5) is 4.79 Å². The molecule has 0 bridgehead atoms. The van der Waals surface area contributed by atoms with Crippen LogP contribution in [0.3, 0.4) is 0 Å². The van der Waals surface area contributed by atoms with Crippen molar-refractivity contribution in [2.24, 2.45) is 5.10 Å². The molecule has 0 aromatic rings. The molecule has 1 heterocycles. The van der Waals surface area contributed by atoms with Gasteiger partial charge in [0.15, 0.2) is 0 Å². The summed E-state index contributed by atoms with van der Waals surface area (Å²) < 4.78 is -0.373. The molecule has 4 nitrogen and oxygen atoms in total. The van der Waals surface area contributed by atoms with Crippen LogP contribution in [0, 0.1) is 12.3 Å². The lowest BCUT2D eigenvalue weighted by molar-refractivity contribution is -0.810. The Hall–Kier alpha value is -1.60. The SMILES string of the molecule is C#CCCC[N+]1(C(=O)O)C=CC=N1. The fraction of sp³-hybridized carbons (Fsp3) is 0.333. The molecule has 1 N–H and O–H groups in total. The Morgan fingerprint density at radius 1 is 1.69 bits per heavy atom. The van der Waals surface area contributed by atoms with E-state index in [4.69, 9.17) is 11.5 Å². The first-order valence-corrected chi connectivity index (χ1v) is 3.99. The summed E-state index contributed by atoms with van der Waals surface area (Å²) in [5.41, 5.74) is 0. The van der Waals surface area contributed by atoms with E-state index in [9.17, 15) is 4.79 Å². The van der Waals surface area contributed by atoms with Gasteiger partial charge in [0.05, 0.1) is 6.21 Å². The fourth-order valence-electron chi connectivity index (χ4n) is 1.14. The number of carbonyl (C=O) groups is 1. The minimum Gasteiger partial charge on any atom is -0.433 e. The number of quaternary nitrogens is 1. The molecule has 13 heavy (non-hydrogen) atoms. The van der Waals surface area contributed by atoms with Gasteiger partial charge in [-0.15, -0.1) is 12.3 Å². The summed E-state index contributed by atoms with van der Waals surface area (Å²) in [5.74, 6) is 2.47. The summed E-state index contributed by atoms with van der Waals surface area (Å²) >= 11 is 0. The minimum absolute atomic E-state index is 0.373. The van der Waals surface area contributed by atoms with Gasteiger partial charge in [-0.25, -0.2) is 0 Å². The fourth-order valence-corrected chi connectivity index (χ4v) is 1.14. The van der Waals surface area contributed by atoms with Crippen LogP contribution >= 0.6 is 0 Å². The highest BCUT2D eigenvalue weighted by Gasteiger charge is 2.36. The first-order chi connectivity index (χ1) is 6.21. The van der Waals surface area contributed by atoms with E-state index < -0.39 is 6.09 Å². The standard InChI is InChI=1S/C9H10N2O2/c1-2-3-4-7-11(9(12)13)8-5-6-10-11/h1,5-6,8H,3-4,7H2/p+1. The van der Waals surface area contributed by atoms with Gasteiger partial charge in [-0.2, -0.15) is 4.79 Å². The van der Waals surface area contributed by atoms with Crippen molar-refractivity contribution >= 4 is 12.3 Å². The second-order valence-corrected chi connectivity index (χ2v) is 2.75. The van der Waals surface area contributed by atoms with Crippen LogP contribution in [-0.4, -0.2) is 28.6 Å². The van der Waals surface area contributed by atoms with Crippen LogP contribution < -0.4 is 0 Å². The monoisotopic (exact) mass is 179 g/mol. The lowest BCUT2D eigenvalue weighted by Crippen LogP contribution is -2.41. The van der Waals surface area contributed by atoms with Crippen molar-refractivity contribution in [2.75, 3.05) is 6.54 Å². The highest BCUT2D eigenvalue weighted by molar-refractivity contribution is 5.73. The molecule has 1 atom stereocenters. The summed E-state index contributed by atoms with van der Waals surface area (Å²) in [6.45, 7) is 0.409. The Bertz CT molecular complexity index is 287. The first-order valence-electron chi connectivity index (χ1n) is 3.99. The number of rotatable bonds is 3. The summed E-state index contributed by atoms with van der Waals surface area (Å²) in [7, 11) is 0. The first kappa shape index (κ1) is 9.49. The summed E-state index contributed by atoms with van der Waals surface area (Å²) in [6.07, 6.45) is 10.00. The van der Waals surface area contributed by atoms with E-state index in [-0.39, 0.29) is 4.59 Å². The third-order valence-electron chi connectivity index (χ3n) is 1.84. The molecular weight excluding hydrogens is 168 g/mol. The molecular formula is C9H11N2O2+. The molecule has 0 spiro atoms. The molecule has 0 fully saturated rings. The Labute approximate surface area is 76.8 Å². The zero-order chi connectivity index (χ0) is 9.73. The van der Waals surface area contributed by atoms with E-state index >= 15 is 0 Å². The third-order valence-corrected chi connectivity index (χ3v) is 1.84. The Kier molecular flexibility index (Phi) is 2.83. The molecule has 0 aromatic carbocycles. The lowest BCUT2D eigenvalue weighted by Gasteiger charge is -2.18. The van der Waals surface area contributed by atoms with Gasteiger partial charge in [-0.1, -0.05) is 9.69 Å². The van der Waals surface area contributed by atoms with Gasteiger partial charge in [0.2, 0.25) is 0 Å². The van der Waals surface area contributed by atoms with Crippen molar-refractivity contribution in [3.05, 3.63) is 12.3 Å². The van der Waals surface area contributed by atoms with Crippen LogP contribution in [0.1, 0.15) is 12.8 Å². The highest BCUT2D eigenvalue weighted by atomic mass is 16.4. The molecule has 1 amide bonds. The molecule has 0 aromatic heterocycles. The average Bonchev–Trinajstić information content (AvgIpc) is 2.55. The Morgan fingerprint density at radius 2 is 2.46 bits per heavy atom. The number of nitrogens with zero attached hydrogens (tertiary/aromatic N) is 2. The molecule has 68 valence electrons.